The van der Waals surface area contributed by atoms with E-state index >= 15 is 0 Å². The standard InChI is InChI=1S/C11H15N5O/c1-7(12)2-5-11(17)13-8-3-4-9-10(6-8)15-16-14-9/h3-4,6-7H,2,5,12H2,1H3,(H,13,17)(H,14,15,16). The number of nitrogens with two attached hydrogens (primary N) is 1. The van der Waals surface area contributed by atoms with Gasteiger partial charge in [0.2, 0.25) is 5.91 Å². The summed E-state index contributed by atoms with van der Waals surface area (Å²) in [5, 5.41) is 13.2. The van der Waals surface area contributed by atoms with Gasteiger partial charge in [-0.2, -0.15) is 15.4 Å². The highest BCUT2D eigenvalue weighted by atomic mass is 16.1. The Kier molecular flexibility index (Phi) is 3.34. The first kappa shape index (κ1) is 11.5. The van der Waals surface area contributed by atoms with Crippen LogP contribution < -0.4 is 11.1 Å². The van der Waals surface area contributed by atoms with Crippen molar-refractivity contribution in [2.24, 2.45) is 5.73 Å². The van der Waals surface area contributed by atoms with Crippen molar-refractivity contribution in [2.75, 3.05) is 5.32 Å². The molecule has 0 bridgehead atoms. The molecule has 1 atom stereocenters. The van der Waals surface area contributed by atoms with Crippen LogP contribution in [0.5, 0.6) is 0 Å². The lowest BCUT2D eigenvalue weighted by atomic mass is 10.2. The number of H-pyrrole nitrogens is 1. The third kappa shape index (κ3) is 3.01. The SMILES string of the molecule is CC(N)CCC(=O)Nc1ccc2n[nH]nc2c1. The number of aromatic nitrogens is 3. The summed E-state index contributed by atoms with van der Waals surface area (Å²) in [4.78, 5) is 11.6. The number of aromatic amines is 1. The van der Waals surface area contributed by atoms with Crippen LogP contribution in [0.2, 0.25) is 0 Å². The van der Waals surface area contributed by atoms with Crippen LogP contribution in [-0.2, 0) is 4.79 Å². The number of amides is 1. The minimum atomic E-state index is -0.0369. The smallest absolute Gasteiger partial charge is 0.224 e. The van der Waals surface area contributed by atoms with Crippen molar-refractivity contribution in [3.63, 3.8) is 0 Å². The third-order valence-corrected chi connectivity index (χ3v) is 2.43. The summed E-state index contributed by atoms with van der Waals surface area (Å²) >= 11 is 0. The van der Waals surface area contributed by atoms with E-state index in [1.54, 1.807) is 18.2 Å². The van der Waals surface area contributed by atoms with Crippen molar-refractivity contribution in [3.8, 4) is 0 Å². The lowest BCUT2D eigenvalue weighted by molar-refractivity contribution is -0.116. The van der Waals surface area contributed by atoms with Crippen LogP contribution >= 0.6 is 0 Å². The van der Waals surface area contributed by atoms with Gasteiger partial charge in [0.1, 0.15) is 11.0 Å². The molecule has 1 heterocycles. The Morgan fingerprint density at radius 2 is 2.24 bits per heavy atom. The zero-order valence-corrected chi connectivity index (χ0v) is 9.60. The van der Waals surface area contributed by atoms with Gasteiger partial charge in [-0.3, -0.25) is 4.79 Å². The minimum Gasteiger partial charge on any atom is -0.328 e. The number of carbonyl (C=O) groups excluding carboxylic acids is 1. The van der Waals surface area contributed by atoms with Crippen molar-refractivity contribution in [1.82, 2.24) is 15.4 Å². The Morgan fingerprint density at radius 3 is 3.00 bits per heavy atom. The number of hydrogen-bond donors (Lipinski definition) is 3. The molecular weight excluding hydrogens is 218 g/mol. The van der Waals surface area contributed by atoms with Crippen LogP contribution in [0.15, 0.2) is 18.2 Å². The molecular formula is C11H15N5O. The molecule has 2 aromatic rings. The first-order chi connectivity index (χ1) is 8.15. The maximum Gasteiger partial charge on any atom is 0.224 e. The normalized spacial score (nSPS) is 12.6. The maximum absolute atomic E-state index is 11.6. The van der Waals surface area contributed by atoms with Crippen LogP contribution in [0.1, 0.15) is 19.8 Å². The number of rotatable bonds is 4. The topological polar surface area (TPSA) is 96.7 Å². The molecule has 6 nitrogen and oxygen atoms in total. The monoisotopic (exact) mass is 233 g/mol. The van der Waals surface area contributed by atoms with Gasteiger partial charge in [0.05, 0.1) is 0 Å². The fraction of sp³-hybridized carbons (Fsp3) is 0.364. The van der Waals surface area contributed by atoms with E-state index in [2.05, 4.69) is 20.7 Å². The molecule has 1 aromatic heterocycles. The van der Waals surface area contributed by atoms with Crippen molar-refractivity contribution in [2.45, 2.75) is 25.8 Å². The summed E-state index contributed by atoms with van der Waals surface area (Å²) in [6.07, 6.45) is 1.10. The average Bonchev–Trinajstić information content (AvgIpc) is 2.73. The molecule has 0 aliphatic heterocycles. The second-order valence-corrected chi connectivity index (χ2v) is 4.09. The van der Waals surface area contributed by atoms with Gasteiger partial charge in [0.25, 0.3) is 0 Å². The first-order valence-electron chi connectivity index (χ1n) is 5.51. The Morgan fingerprint density at radius 1 is 1.47 bits per heavy atom. The lowest BCUT2D eigenvalue weighted by Gasteiger charge is -2.06. The van der Waals surface area contributed by atoms with Crippen LogP contribution in [0, 0.1) is 0 Å². The molecule has 1 aromatic carbocycles. The molecule has 0 saturated carbocycles. The molecule has 0 spiro atoms. The van der Waals surface area contributed by atoms with E-state index < -0.39 is 0 Å². The molecule has 0 saturated heterocycles. The van der Waals surface area contributed by atoms with E-state index in [0.717, 1.165) is 16.7 Å². The number of benzene rings is 1. The highest BCUT2D eigenvalue weighted by molar-refractivity contribution is 5.92. The number of fused-ring (bicyclic) bond motifs is 1. The quantitative estimate of drug-likeness (QED) is 0.734. The van der Waals surface area contributed by atoms with E-state index in [0.29, 0.717) is 12.8 Å². The second-order valence-electron chi connectivity index (χ2n) is 4.09. The second kappa shape index (κ2) is 4.92. The van der Waals surface area contributed by atoms with Crippen molar-refractivity contribution >= 4 is 22.6 Å². The summed E-state index contributed by atoms with van der Waals surface area (Å²) in [6.45, 7) is 1.88. The van der Waals surface area contributed by atoms with E-state index in [-0.39, 0.29) is 11.9 Å². The summed E-state index contributed by atoms with van der Waals surface area (Å²) < 4.78 is 0. The molecule has 4 N–H and O–H groups in total. The molecule has 0 radical (unpaired) electrons. The van der Waals surface area contributed by atoms with Crippen molar-refractivity contribution in [3.05, 3.63) is 18.2 Å². The van der Waals surface area contributed by atoms with Crippen LogP contribution in [0.3, 0.4) is 0 Å². The van der Waals surface area contributed by atoms with E-state index in [1.165, 1.54) is 0 Å². The van der Waals surface area contributed by atoms with E-state index in [4.69, 9.17) is 5.73 Å². The molecule has 0 fully saturated rings. The molecule has 1 unspecified atom stereocenters. The van der Waals surface area contributed by atoms with Gasteiger partial charge < -0.3 is 11.1 Å². The Hall–Kier alpha value is -1.95. The molecule has 6 heteroatoms. The highest BCUT2D eigenvalue weighted by Gasteiger charge is 2.05. The number of anilines is 1. The van der Waals surface area contributed by atoms with E-state index in [1.807, 2.05) is 6.92 Å². The number of hydrogen-bond acceptors (Lipinski definition) is 4. The Labute approximate surface area is 98.6 Å². The first-order valence-corrected chi connectivity index (χ1v) is 5.51. The van der Waals surface area contributed by atoms with Gasteiger partial charge in [-0.1, -0.05) is 0 Å². The lowest BCUT2D eigenvalue weighted by Crippen LogP contribution is -2.19. The predicted octanol–water partition coefficient (Wildman–Crippen LogP) is 1.02. The fourth-order valence-corrected chi connectivity index (χ4v) is 1.50. The summed E-state index contributed by atoms with van der Waals surface area (Å²) in [5.74, 6) is -0.0369. The van der Waals surface area contributed by atoms with Gasteiger partial charge in [-0.05, 0) is 31.5 Å². The summed E-state index contributed by atoms with van der Waals surface area (Å²) in [7, 11) is 0. The number of nitrogens with zero attached hydrogens (tertiary/aromatic N) is 2. The van der Waals surface area contributed by atoms with Gasteiger partial charge in [0, 0.05) is 18.2 Å². The molecule has 0 aliphatic carbocycles. The number of carbonyl (C=O) groups is 1. The van der Waals surface area contributed by atoms with Gasteiger partial charge in [0.15, 0.2) is 0 Å². The zero-order valence-electron chi connectivity index (χ0n) is 9.60. The van der Waals surface area contributed by atoms with Crippen LogP contribution in [0.25, 0.3) is 11.0 Å². The molecule has 1 amide bonds. The molecule has 2 rings (SSSR count). The molecule has 90 valence electrons. The van der Waals surface area contributed by atoms with Crippen molar-refractivity contribution in [1.29, 1.82) is 0 Å². The largest absolute Gasteiger partial charge is 0.328 e. The number of nitrogens with one attached hydrogen (secondary N) is 2. The molecule has 0 aliphatic rings. The predicted molar refractivity (Wildman–Crippen MR) is 65.4 cm³/mol. The summed E-state index contributed by atoms with van der Waals surface area (Å²) in [6, 6.07) is 5.43. The van der Waals surface area contributed by atoms with Crippen LogP contribution in [-0.4, -0.2) is 27.4 Å². The van der Waals surface area contributed by atoms with Gasteiger partial charge in [-0.15, -0.1) is 0 Å². The van der Waals surface area contributed by atoms with Gasteiger partial charge >= 0.3 is 0 Å². The zero-order chi connectivity index (χ0) is 12.3. The average molecular weight is 233 g/mol. The van der Waals surface area contributed by atoms with E-state index in [9.17, 15) is 4.79 Å². The minimum absolute atomic E-state index is 0.0369. The molecule has 17 heavy (non-hydrogen) atoms. The Bertz CT molecular complexity index is 519. The van der Waals surface area contributed by atoms with Crippen molar-refractivity contribution < 1.29 is 4.79 Å². The Balaban J connectivity index is 2.00. The summed E-state index contributed by atoms with van der Waals surface area (Å²) in [5.41, 5.74) is 7.82. The van der Waals surface area contributed by atoms with Gasteiger partial charge in [-0.25, -0.2) is 0 Å². The maximum atomic E-state index is 11.6. The fourth-order valence-electron chi connectivity index (χ4n) is 1.50. The van der Waals surface area contributed by atoms with Crippen LogP contribution in [0.4, 0.5) is 5.69 Å². The third-order valence-electron chi connectivity index (χ3n) is 2.43. The highest BCUT2D eigenvalue weighted by Crippen LogP contribution is 2.15.